The first-order valence-corrected chi connectivity index (χ1v) is 6.57. The highest BCUT2D eigenvalue weighted by Crippen LogP contribution is 2.19. The van der Waals surface area contributed by atoms with Gasteiger partial charge in [-0.05, 0) is 43.0 Å². The molecule has 0 radical (unpaired) electrons. The monoisotopic (exact) mass is 276 g/mol. The van der Waals surface area contributed by atoms with Crippen LogP contribution in [0.3, 0.4) is 0 Å². The van der Waals surface area contributed by atoms with Crippen LogP contribution in [0.2, 0.25) is 0 Å². The first-order valence-electron chi connectivity index (χ1n) is 5.69. The molecule has 0 N–H and O–H groups in total. The molecule has 5 heteroatoms. The number of aryl methyl sites for hydroxylation is 1. The van der Waals surface area contributed by atoms with E-state index >= 15 is 0 Å². The van der Waals surface area contributed by atoms with Crippen LogP contribution in [0.15, 0.2) is 29.4 Å². The first-order chi connectivity index (χ1) is 8.99. The van der Waals surface area contributed by atoms with Crippen LogP contribution in [-0.4, -0.2) is 17.5 Å². The summed E-state index contributed by atoms with van der Waals surface area (Å²) in [5.41, 5.74) is 1.04. The molecule has 0 bridgehead atoms. The van der Waals surface area contributed by atoms with Gasteiger partial charge in [0.2, 0.25) is 0 Å². The van der Waals surface area contributed by atoms with E-state index in [4.69, 9.17) is 4.74 Å². The highest BCUT2D eigenvalue weighted by atomic mass is 32.1. The topological polar surface area (TPSA) is 60.4 Å². The molecule has 2 heterocycles. The molecule has 98 valence electrons. The van der Waals surface area contributed by atoms with Crippen LogP contribution in [0.5, 0.6) is 0 Å². The fourth-order valence-corrected chi connectivity index (χ4v) is 2.53. The van der Waals surface area contributed by atoms with E-state index in [0.717, 1.165) is 10.4 Å². The minimum atomic E-state index is -1.36. The second-order valence-electron chi connectivity index (χ2n) is 4.22. The summed E-state index contributed by atoms with van der Waals surface area (Å²) in [6.45, 7) is 3.42. The average molecular weight is 276 g/mol. The van der Waals surface area contributed by atoms with Gasteiger partial charge < -0.3 is 4.74 Å². The molecule has 0 saturated heterocycles. The molecule has 1 aliphatic heterocycles. The van der Waals surface area contributed by atoms with Crippen molar-refractivity contribution in [1.29, 1.82) is 0 Å². The van der Waals surface area contributed by atoms with E-state index in [1.807, 2.05) is 18.4 Å². The van der Waals surface area contributed by atoms with Crippen molar-refractivity contribution in [2.45, 2.75) is 13.8 Å². The maximum Gasteiger partial charge on any atom is 0.329 e. The minimum absolute atomic E-state index is 0.220. The first kappa shape index (κ1) is 13.4. The van der Waals surface area contributed by atoms with Gasteiger partial charge in [-0.15, -0.1) is 11.3 Å². The molecule has 2 rings (SSSR count). The van der Waals surface area contributed by atoms with Crippen LogP contribution >= 0.6 is 11.3 Å². The largest absolute Gasteiger partial charge is 0.430 e. The minimum Gasteiger partial charge on any atom is -0.430 e. The van der Waals surface area contributed by atoms with E-state index in [-0.39, 0.29) is 5.76 Å². The number of thiophene rings is 1. The maximum absolute atomic E-state index is 11.9. The van der Waals surface area contributed by atoms with Gasteiger partial charge in [0.1, 0.15) is 5.76 Å². The average Bonchev–Trinajstić information content (AvgIpc) is 2.70. The highest BCUT2D eigenvalue weighted by molar-refractivity contribution is 7.11. The van der Waals surface area contributed by atoms with Crippen LogP contribution in [0.25, 0.3) is 6.08 Å². The smallest absolute Gasteiger partial charge is 0.329 e. The lowest BCUT2D eigenvalue weighted by molar-refractivity contribution is -0.151. The molecule has 1 atom stereocenters. The Morgan fingerprint density at radius 3 is 2.68 bits per heavy atom. The predicted molar refractivity (Wildman–Crippen MR) is 71.4 cm³/mol. The third-order valence-electron chi connectivity index (χ3n) is 2.71. The number of cyclic esters (lactones) is 1. The summed E-state index contributed by atoms with van der Waals surface area (Å²) in [5, 5.41) is 1.91. The third-order valence-corrected chi connectivity index (χ3v) is 3.70. The summed E-state index contributed by atoms with van der Waals surface area (Å²) < 4.78 is 4.80. The molecular formula is C14H12O4S. The maximum atomic E-state index is 11.9. The molecule has 4 nitrogen and oxygen atoms in total. The molecule has 0 fully saturated rings. The van der Waals surface area contributed by atoms with Gasteiger partial charge in [-0.3, -0.25) is 14.4 Å². The van der Waals surface area contributed by atoms with Crippen molar-refractivity contribution in [3.05, 3.63) is 39.8 Å². The van der Waals surface area contributed by atoms with Crippen molar-refractivity contribution < 1.29 is 19.1 Å². The number of ketones is 2. The number of carbonyl (C=O) groups excluding carboxylic acids is 3. The Morgan fingerprint density at radius 2 is 2.11 bits per heavy atom. The lowest BCUT2D eigenvalue weighted by Crippen LogP contribution is -2.34. The predicted octanol–water partition coefficient (Wildman–Crippen LogP) is 2.28. The summed E-state index contributed by atoms with van der Waals surface area (Å²) in [7, 11) is 0. The number of hydrogen-bond acceptors (Lipinski definition) is 5. The molecule has 0 saturated carbocycles. The molecule has 1 aliphatic rings. The molecule has 0 aliphatic carbocycles. The Kier molecular flexibility index (Phi) is 3.76. The van der Waals surface area contributed by atoms with E-state index in [1.54, 1.807) is 6.08 Å². The van der Waals surface area contributed by atoms with Crippen molar-refractivity contribution in [2.24, 2.45) is 5.92 Å². The number of ether oxygens (including phenoxy) is 1. The summed E-state index contributed by atoms with van der Waals surface area (Å²) in [6.07, 6.45) is 4.05. The molecule has 1 unspecified atom stereocenters. The van der Waals surface area contributed by atoms with Crippen molar-refractivity contribution in [1.82, 2.24) is 0 Å². The molecular weight excluding hydrogens is 264 g/mol. The van der Waals surface area contributed by atoms with Crippen LogP contribution in [0, 0.1) is 12.8 Å². The number of carbonyl (C=O) groups is 3. The molecule has 0 spiro atoms. The van der Waals surface area contributed by atoms with Crippen LogP contribution in [0.1, 0.15) is 17.4 Å². The van der Waals surface area contributed by atoms with E-state index < -0.39 is 23.5 Å². The second-order valence-corrected chi connectivity index (χ2v) is 5.16. The molecule has 0 amide bonds. The number of rotatable bonds is 3. The lowest BCUT2D eigenvalue weighted by atomic mass is 9.96. The van der Waals surface area contributed by atoms with Gasteiger partial charge in [0, 0.05) is 11.0 Å². The zero-order chi connectivity index (χ0) is 14.0. The van der Waals surface area contributed by atoms with Crippen molar-refractivity contribution in [3.8, 4) is 0 Å². The molecule has 1 aromatic rings. The van der Waals surface area contributed by atoms with Gasteiger partial charge in [0.15, 0.2) is 17.5 Å². The van der Waals surface area contributed by atoms with Gasteiger partial charge in [-0.25, -0.2) is 0 Å². The Balaban J connectivity index is 2.17. The Bertz CT molecular complexity index is 607. The quantitative estimate of drug-likeness (QED) is 0.483. The molecule has 1 aromatic heterocycles. The van der Waals surface area contributed by atoms with Gasteiger partial charge in [-0.2, -0.15) is 0 Å². The summed E-state index contributed by atoms with van der Waals surface area (Å²) >= 11 is 1.49. The van der Waals surface area contributed by atoms with Gasteiger partial charge in [0.05, 0.1) is 0 Å². The summed E-state index contributed by atoms with van der Waals surface area (Å²) in [5.74, 6) is -3.02. The molecule has 19 heavy (non-hydrogen) atoms. The zero-order valence-corrected chi connectivity index (χ0v) is 11.3. The van der Waals surface area contributed by atoms with Gasteiger partial charge >= 0.3 is 5.97 Å². The Hall–Kier alpha value is -2.01. The fraction of sp³-hybridized carbons (Fsp3) is 0.214. The zero-order valence-electron chi connectivity index (χ0n) is 10.5. The van der Waals surface area contributed by atoms with Crippen molar-refractivity contribution in [3.63, 3.8) is 0 Å². The number of allylic oxidation sites excluding steroid dienone is 3. The standard InChI is InChI=1S/C14H12O4S/c1-8-5-6-19-12(8)4-3-10(15)13-11(16)7-9(2)18-14(13)17/h3-7,13H,1-2H3. The summed E-state index contributed by atoms with van der Waals surface area (Å²) in [6, 6.07) is 1.93. The Morgan fingerprint density at radius 1 is 1.37 bits per heavy atom. The normalized spacial score (nSPS) is 19.5. The van der Waals surface area contributed by atoms with Crippen LogP contribution in [0.4, 0.5) is 0 Å². The van der Waals surface area contributed by atoms with E-state index in [0.29, 0.717) is 0 Å². The van der Waals surface area contributed by atoms with Gasteiger partial charge in [-0.1, -0.05) is 0 Å². The number of hydrogen-bond donors (Lipinski definition) is 0. The SMILES string of the molecule is CC1=CC(=O)C(C(=O)C=Cc2sccc2C)C(=O)O1. The fourth-order valence-electron chi connectivity index (χ4n) is 1.71. The van der Waals surface area contributed by atoms with E-state index in [9.17, 15) is 14.4 Å². The molecule has 0 aromatic carbocycles. The lowest BCUT2D eigenvalue weighted by Gasteiger charge is -2.15. The summed E-state index contributed by atoms with van der Waals surface area (Å²) in [4.78, 5) is 36.0. The second kappa shape index (κ2) is 5.32. The number of esters is 1. The third kappa shape index (κ3) is 2.88. The van der Waals surface area contributed by atoms with Crippen molar-refractivity contribution in [2.75, 3.05) is 0 Å². The van der Waals surface area contributed by atoms with Gasteiger partial charge in [0.25, 0.3) is 0 Å². The van der Waals surface area contributed by atoms with E-state index in [2.05, 4.69) is 0 Å². The van der Waals surface area contributed by atoms with Crippen LogP contribution < -0.4 is 0 Å². The van der Waals surface area contributed by atoms with E-state index in [1.165, 1.54) is 30.4 Å². The highest BCUT2D eigenvalue weighted by Gasteiger charge is 2.36. The van der Waals surface area contributed by atoms with Crippen molar-refractivity contribution >= 4 is 34.9 Å². The van der Waals surface area contributed by atoms with Crippen LogP contribution in [-0.2, 0) is 19.1 Å². The Labute approximate surface area is 114 Å².